The van der Waals surface area contributed by atoms with Crippen molar-refractivity contribution in [2.45, 2.75) is 6.54 Å². The van der Waals surface area contributed by atoms with Gasteiger partial charge in [0, 0.05) is 23.4 Å². The van der Waals surface area contributed by atoms with Gasteiger partial charge in [0.25, 0.3) is 0 Å². The normalized spacial score (nSPS) is 10.9. The second kappa shape index (κ2) is 7.29. The molecule has 0 saturated heterocycles. The summed E-state index contributed by atoms with van der Waals surface area (Å²) in [6.45, 7) is 0.515. The van der Waals surface area contributed by atoms with E-state index in [1.165, 1.54) is 0 Å². The molecular weight excluding hydrogens is 404 g/mol. The number of carbonyl (C=O) groups excluding carboxylic acids is 1. The van der Waals surface area contributed by atoms with Gasteiger partial charge in [-0.3, -0.25) is 9.59 Å². The molecule has 2 aromatic carbocycles. The van der Waals surface area contributed by atoms with Gasteiger partial charge in [-0.25, -0.2) is 4.98 Å². The van der Waals surface area contributed by atoms with Gasteiger partial charge in [-0.2, -0.15) is 0 Å². The van der Waals surface area contributed by atoms with Crippen molar-refractivity contribution in [1.82, 2.24) is 9.55 Å². The van der Waals surface area contributed by atoms with E-state index < -0.39 is 0 Å². The molecule has 0 atom stereocenters. The van der Waals surface area contributed by atoms with E-state index in [-0.39, 0.29) is 11.0 Å². The molecule has 4 aromatic rings. The highest BCUT2D eigenvalue weighted by molar-refractivity contribution is 9.10. The molecule has 2 heterocycles. The highest BCUT2D eigenvalue weighted by atomic mass is 79.9. The quantitative estimate of drug-likeness (QED) is 0.451. The van der Waals surface area contributed by atoms with Crippen molar-refractivity contribution in [1.29, 1.82) is 0 Å². The van der Waals surface area contributed by atoms with Crippen molar-refractivity contribution in [2.24, 2.45) is 0 Å². The van der Waals surface area contributed by atoms with Gasteiger partial charge in [0.05, 0.1) is 11.1 Å². The Morgan fingerprint density at radius 2 is 1.78 bits per heavy atom. The van der Waals surface area contributed by atoms with Crippen LogP contribution >= 0.6 is 15.9 Å². The van der Waals surface area contributed by atoms with Crippen LogP contribution in [0.1, 0.15) is 15.9 Å². The van der Waals surface area contributed by atoms with Crippen LogP contribution in [-0.4, -0.2) is 15.8 Å². The van der Waals surface area contributed by atoms with Gasteiger partial charge < -0.3 is 4.57 Å². The van der Waals surface area contributed by atoms with Crippen molar-refractivity contribution >= 4 is 33.2 Å². The summed E-state index contributed by atoms with van der Waals surface area (Å²) in [5.41, 5.74) is 4.05. The minimum atomic E-state index is -0.347. The average Bonchev–Trinajstić information content (AvgIpc) is 2.71. The Morgan fingerprint density at radius 1 is 1.04 bits per heavy atom. The van der Waals surface area contributed by atoms with Crippen LogP contribution in [0.3, 0.4) is 0 Å². The zero-order valence-corrected chi connectivity index (χ0v) is 15.9. The maximum Gasteiger partial charge on any atom is 0.218 e. The van der Waals surface area contributed by atoms with Crippen LogP contribution in [0.25, 0.3) is 22.2 Å². The molecule has 0 aliphatic heterocycles. The number of hydrogen-bond donors (Lipinski definition) is 0. The Bertz CT molecular complexity index is 1200. The molecule has 0 fully saturated rings. The molecule has 0 bridgehead atoms. The topological polar surface area (TPSA) is 52.0 Å². The van der Waals surface area contributed by atoms with E-state index in [0.29, 0.717) is 23.9 Å². The standard InChI is InChI=1S/C22H15BrN2O2/c23-18-10-20-21(24-11-18)22(27)17(14-26)13-25(20)12-16-8-4-5-9-19(16)15-6-2-1-3-7-15/h1-11,13-14H,12H2. The van der Waals surface area contributed by atoms with E-state index in [1.54, 1.807) is 12.4 Å². The van der Waals surface area contributed by atoms with Gasteiger partial charge >= 0.3 is 0 Å². The first-order valence-electron chi connectivity index (χ1n) is 8.44. The number of fused-ring (bicyclic) bond motifs is 1. The molecule has 4 nitrogen and oxygen atoms in total. The van der Waals surface area contributed by atoms with E-state index in [4.69, 9.17) is 0 Å². The fourth-order valence-corrected chi connectivity index (χ4v) is 3.53. The van der Waals surface area contributed by atoms with Gasteiger partial charge in [-0.1, -0.05) is 54.6 Å². The highest BCUT2D eigenvalue weighted by Gasteiger charge is 2.12. The molecule has 0 aliphatic carbocycles. The Hall–Kier alpha value is -3.05. The summed E-state index contributed by atoms with van der Waals surface area (Å²) in [6, 6.07) is 20.1. The van der Waals surface area contributed by atoms with E-state index >= 15 is 0 Å². The summed E-state index contributed by atoms with van der Waals surface area (Å²) in [5, 5.41) is 0. The minimum Gasteiger partial charge on any atom is -0.341 e. The molecule has 0 spiro atoms. The lowest BCUT2D eigenvalue weighted by molar-refractivity contribution is 0.112. The predicted molar refractivity (Wildman–Crippen MR) is 110 cm³/mol. The summed E-state index contributed by atoms with van der Waals surface area (Å²) in [6.07, 6.45) is 3.76. The number of rotatable bonds is 4. The molecule has 4 rings (SSSR count). The number of benzene rings is 2. The Morgan fingerprint density at radius 3 is 2.56 bits per heavy atom. The largest absolute Gasteiger partial charge is 0.341 e. The Labute approximate surface area is 164 Å². The smallest absolute Gasteiger partial charge is 0.218 e. The van der Waals surface area contributed by atoms with Crippen LogP contribution in [0, 0.1) is 0 Å². The SMILES string of the molecule is O=Cc1cn(Cc2ccccc2-c2ccccc2)c2cc(Br)cnc2c1=O. The first kappa shape index (κ1) is 17.4. The molecule has 132 valence electrons. The van der Waals surface area contributed by atoms with Gasteiger partial charge in [-0.05, 0) is 38.7 Å². The maximum absolute atomic E-state index is 12.4. The molecule has 0 radical (unpaired) electrons. The van der Waals surface area contributed by atoms with E-state index in [2.05, 4.69) is 45.2 Å². The lowest BCUT2D eigenvalue weighted by Crippen LogP contribution is -2.16. The van der Waals surface area contributed by atoms with Gasteiger partial charge in [-0.15, -0.1) is 0 Å². The number of hydrogen-bond acceptors (Lipinski definition) is 3. The maximum atomic E-state index is 12.4. The van der Waals surface area contributed by atoms with Crippen molar-refractivity contribution in [3.05, 3.63) is 98.9 Å². The molecule has 0 unspecified atom stereocenters. The van der Waals surface area contributed by atoms with Crippen molar-refractivity contribution < 1.29 is 4.79 Å². The molecule has 0 amide bonds. The number of aldehydes is 1. The number of pyridine rings is 2. The average molecular weight is 419 g/mol. The van der Waals surface area contributed by atoms with Gasteiger partial charge in [0.2, 0.25) is 5.43 Å². The number of aromatic nitrogens is 2. The molecule has 0 saturated carbocycles. The van der Waals surface area contributed by atoms with Crippen LogP contribution in [-0.2, 0) is 6.54 Å². The third-order valence-electron chi connectivity index (χ3n) is 4.49. The van der Waals surface area contributed by atoms with Crippen LogP contribution in [0.15, 0.2) is 82.3 Å². The molecule has 27 heavy (non-hydrogen) atoms. The highest BCUT2D eigenvalue weighted by Crippen LogP contribution is 2.25. The number of halogens is 1. The van der Waals surface area contributed by atoms with Crippen LogP contribution in [0.4, 0.5) is 0 Å². The van der Waals surface area contributed by atoms with Crippen LogP contribution in [0.2, 0.25) is 0 Å². The van der Waals surface area contributed by atoms with E-state index in [9.17, 15) is 9.59 Å². The second-order valence-electron chi connectivity index (χ2n) is 6.20. The minimum absolute atomic E-state index is 0.106. The van der Waals surface area contributed by atoms with Gasteiger partial charge in [0.15, 0.2) is 6.29 Å². The molecular formula is C22H15BrN2O2. The van der Waals surface area contributed by atoms with Crippen LogP contribution in [0.5, 0.6) is 0 Å². The Balaban J connectivity index is 1.91. The summed E-state index contributed by atoms with van der Waals surface area (Å²) in [5.74, 6) is 0. The zero-order valence-electron chi connectivity index (χ0n) is 14.3. The van der Waals surface area contributed by atoms with E-state index in [0.717, 1.165) is 21.2 Å². The second-order valence-corrected chi connectivity index (χ2v) is 7.12. The summed E-state index contributed by atoms with van der Waals surface area (Å²) < 4.78 is 2.68. The number of nitrogens with zero attached hydrogens (tertiary/aromatic N) is 2. The molecule has 2 aromatic heterocycles. The van der Waals surface area contributed by atoms with Gasteiger partial charge in [0.1, 0.15) is 5.52 Å². The predicted octanol–water partition coefficient (Wildman–Crippen LogP) is 4.69. The molecule has 5 heteroatoms. The summed E-state index contributed by atoms with van der Waals surface area (Å²) in [4.78, 5) is 28.1. The zero-order chi connectivity index (χ0) is 18.8. The summed E-state index contributed by atoms with van der Waals surface area (Å²) >= 11 is 3.42. The third kappa shape index (κ3) is 3.34. The van der Waals surface area contributed by atoms with E-state index in [1.807, 2.05) is 41.0 Å². The lowest BCUT2D eigenvalue weighted by atomic mass is 9.99. The third-order valence-corrected chi connectivity index (χ3v) is 4.92. The fraction of sp³-hybridized carbons (Fsp3) is 0.0455. The molecule has 0 aliphatic rings. The van der Waals surface area contributed by atoms with Crippen LogP contribution < -0.4 is 5.43 Å². The summed E-state index contributed by atoms with van der Waals surface area (Å²) in [7, 11) is 0. The monoisotopic (exact) mass is 418 g/mol. The number of carbonyl (C=O) groups is 1. The first-order chi connectivity index (χ1) is 13.2. The fourth-order valence-electron chi connectivity index (χ4n) is 3.21. The lowest BCUT2D eigenvalue weighted by Gasteiger charge is -2.15. The van der Waals surface area contributed by atoms with Crippen molar-refractivity contribution in [2.75, 3.05) is 0 Å². The van der Waals surface area contributed by atoms with Crippen molar-refractivity contribution in [3.63, 3.8) is 0 Å². The molecule has 0 N–H and O–H groups in total. The Kier molecular flexibility index (Phi) is 4.69. The first-order valence-corrected chi connectivity index (χ1v) is 9.24. The van der Waals surface area contributed by atoms with Crippen molar-refractivity contribution in [3.8, 4) is 11.1 Å².